The van der Waals surface area contributed by atoms with Gasteiger partial charge in [-0.2, -0.15) is 0 Å². The van der Waals surface area contributed by atoms with Crippen LogP contribution in [0.25, 0.3) is 11.5 Å². The Kier molecular flexibility index (Phi) is 4.80. The van der Waals surface area contributed by atoms with Crippen LogP contribution in [0.3, 0.4) is 0 Å². The molecule has 1 unspecified atom stereocenters. The van der Waals surface area contributed by atoms with Crippen LogP contribution < -0.4 is 5.32 Å². The summed E-state index contributed by atoms with van der Waals surface area (Å²) in [6.07, 6.45) is 0.874. The van der Waals surface area contributed by atoms with Crippen molar-refractivity contribution in [2.75, 3.05) is 6.54 Å². The second kappa shape index (κ2) is 6.37. The van der Waals surface area contributed by atoms with Crippen molar-refractivity contribution in [2.45, 2.75) is 26.3 Å². The molecule has 0 radical (unpaired) electrons. The van der Waals surface area contributed by atoms with Gasteiger partial charge in [0.2, 0.25) is 11.8 Å². The molecule has 0 bridgehead atoms. The molecule has 2 aromatic rings. The molecule has 0 saturated heterocycles. The smallest absolute Gasteiger partial charge is 0.249 e. The van der Waals surface area contributed by atoms with E-state index >= 15 is 0 Å². The summed E-state index contributed by atoms with van der Waals surface area (Å²) in [6, 6.07) is 5.21. The van der Waals surface area contributed by atoms with Crippen LogP contribution in [0.5, 0.6) is 0 Å². The molecular formula is C13H15Cl2N3O. The van der Waals surface area contributed by atoms with E-state index in [9.17, 15) is 0 Å². The Balaban J connectivity index is 2.32. The number of hydrogen-bond acceptors (Lipinski definition) is 4. The van der Waals surface area contributed by atoms with Crippen LogP contribution >= 0.6 is 23.2 Å². The van der Waals surface area contributed by atoms with Crippen molar-refractivity contribution < 1.29 is 4.42 Å². The second-order valence-corrected chi connectivity index (χ2v) is 4.93. The van der Waals surface area contributed by atoms with Gasteiger partial charge in [-0.05, 0) is 31.2 Å². The van der Waals surface area contributed by atoms with Gasteiger partial charge < -0.3 is 9.73 Å². The van der Waals surface area contributed by atoms with E-state index in [2.05, 4.69) is 22.4 Å². The van der Waals surface area contributed by atoms with Gasteiger partial charge in [-0.1, -0.05) is 37.0 Å². The highest BCUT2D eigenvalue weighted by atomic mass is 35.5. The lowest BCUT2D eigenvalue weighted by molar-refractivity contribution is 0.402. The minimum Gasteiger partial charge on any atom is -0.419 e. The SMILES string of the molecule is CCNC(CC)c1nnc(-c2cc(Cl)ccc2Cl)o1. The third-order valence-corrected chi connectivity index (χ3v) is 3.32. The first-order chi connectivity index (χ1) is 9.15. The highest BCUT2D eigenvalue weighted by molar-refractivity contribution is 6.35. The summed E-state index contributed by atoms with van der Waals surface area (Å²) >= 11 is 12.1. The fourth-order valence-corrected chi connectivity index (χ4v) is 2.17. The summed E-state index contributed by atoms with van der Waals surface area (Å²) in [6.45, 7) is 4.94. The van der Waals surface area contributed by atoms with Gasteiger partial charge in [0, 0.05) is 5.02 Å². The molecule has 0 aliphatic carbocycles. The van der Waals surface area contributed by atoms with Gasteiger partial charge in [-0.15, -0.1) is 10.2 Å². The quantitative estimate of drug-likeness (QED) is 0.903. The molecule has 1 heterocycles. The summed E-state index contributed by atoms with van der Waals surface area (Å²) in [4.78, 5) is 0. The van der Waals surface area contributed by atoms with Crippen molar-refractivity contribution in [1.29, 1.82) is 0 Å². The number of aromatic nitrogens is 2. The fraction of sp³-hybridized carbons (Fsp3) is 0.385. The van der Waals surface area contributed by atoms with Crippen LogP contribution in [0.4, 0.5) is 0 Å². The van der Waals surface area contributed by atoms with Crippen molar-refractivity contribution in [3.8, 4) is 11.5 Å². The summed E-state index contributed by atoms with van der Waals surface area (Å²) in [5, 5.41) is 12.5. The third-order valence-electron chi connectivity index (χ3n) is 2.76. The van der Waals surface area contributed by atoms with E-state index in [4.69, 9.17) is 27.6 Å². The van der Waals surface area contributed by atoms with E-state index in [0.717, 1.165) is 13.0 Å². The van der Waals surface area contributed by atoms with Crippen molar-refractivity contribution in [2.24, 2.45) is 0 Å². The molecule has 6 heteroatoms. The predicted molar refractivity (Wildman–Crippen MR) is 76.5 cm³/mol. The van der Waals surface area contributed by atoms with Gasteiger partial charge in [0.05, 0.1) is 16.6 Å². The van der Waals surface area contributed by atoms with E-state index in [1.807, 2.05) is 6.92 Å². The number of halogens is 2. The zero-order chi connectivity index (χ0) is 13.8. The lowest BCUT2D eigenvalue weighted by Crippen LogP contribution is -2.20. The molecule has 19 heavy (non-hydrogen) atoms. The molecule has 0 aliphatic heterocycles. The van der Waals surface area contributed by atoms with Gasteiger partial charge in [-0.25, -0.2) is 0 Å². The zero-order valence-corrected chi connectivity index (χ0v) is 12.3. The van der Waals surface area contributed by atoms with Crippen LogP contribution in [-0.2, 0) is 0 Å². The van der Waals surface area contributed by atoms with Gasteiger partial charge in [0.15, 0.2) is 0 Å². The number of hydrogen-bond donors (Lipinski definition) is 1. The number of benzene rings is 1. The minimum absolute atomic E-state index is 0.0595. The maximum atomic E-state index is 6.11. The number of nitrogens with zero attached hydrogens (tertiary/aromatic N) is 2. The molecule has 0 amide bonds. The topological polar surface area (TPSA) is 51.0 Å². The van der Waals surface area contributed by atoms with E-state index in [-0.39, 0.29) is 6.04 Å². The normalized spacial score (nSPS) is 12.6. The Labute approximate surface area is 122 Å². The minimum atomic E-state index is 0.0595. The van der Waals surface area contributed by atoms with E-state index in [1.165, 1.54) is 0 Å². The van der Waals surface area contributed by atoms with Crippen molar-refractivity contribution in [1.82, 2.24) is 15.5 Å². The second-order valence-electron chi connectivity index (χ2n) is 4.09. The number of nitrogens with one attached hydrogen (secondary N) is 1. The highest BCUT2D eigenvalue weighted by Gasteiger charge is 2.18. The monoisotopic (exact) mass is 299 g/mol. The average molecular weight is 300 g/mol. The standard InChI is InChI=1S/C13H15Cl2N3O/c1-3-11(16-4-2)13-18-17-12(19-13)9-7-8(14)5-6-10(9)15/h5-7,11,16H,3-4H2,1-2H3. The first-order valence-electron chi connectivity index (χ1n) is 6.17. The molecule has 1 aromatic heterocycles. The molecule has 1 atom stereocenters. The average Bonchev–Trinajstić information content (AvgIpc) is 2.88. The van der Waals surface area contributed by atoms with Crippen molar-refractivity contribution in [3.63, 3.8) is 0 Å². The van der Waals surface area contributed by atoms with Gasteiger partial charge in [0.25, 0.3) is 0 Å². The van der Waals surface area contributed by atoms with Crippen LogP contribution in [0, 0.1) is 0 Å². The first kappa shape index (κ1) is 14.3. The molecule has 0 spiro atoms. The zero-order valence-electron chi connectivity index (χ0n) is 10.8. The van der Waals surface area contributed by atoms with Crippen molar-refractivity contribution >= 4 is 23.2 Å². The molecule has 102 valence electrons. The maximum Gasteiger partial charge on any atom is 0.249 e. The maximum absolute atomic E-state index is 6.11. The van der Waals surface area contributed by atoms with Crippen LogP contribution in [-0.4, -0.2) is 16.7 Å². The van der Waals surface area contributed by atoms with E-state index in [0.29, 0.717) is 27.4 Å². The van der Waals surface area contributed by atoms with E-state index < -0.39 is 0 Å². The van der Waals surface area contributed by atoms with Crippen LogP contribution in [0.2, 0.25) is 10.0 Å². The van der Waals surface area contributed by atoms with E-state index in [1.54, 1.807) is 18.2 Å². The Bertz CT molecular complexity index is 557. The molecule has 0 aliphatic rings. The Morgan fingerprint density at radius 2 is 2.05 bits per heavy atom. The fourth-order valence-electron chi connectivity index (χ4n) is 1.80. The lowest BCUT2D eigenvalue weighted by Gasteiger charge is -2.10. The highest BCUT2D eigenvalue weighted by Crippen LogP contribution is 2.30. The van der Waals surface area contributed by atoms with Gasteiger partial charge in [-0.3, -0.25) is 0 Å². The Hall–Kier alpha value is -1.10. The Morgan fingerprint density at radius 3 is 2.74 bits per heavy atom. The molecule has 1 aromatic carbocycles. The molecule has 0 saturated carbocycles. The summed E-state index contributed by atoms with van der Waals surface area (Å²) in [7, 11) is 0. The number of rotatable bonds is 5. The molecule has 1 N–H and O–H groups in total. The molecule has 2 rings (SSSR count). The third kappa shape index (κ3) is 3.26. The molecular weight excluding hydrogens is 285 g/mol. The van der Waals surface area contributed by atoms with Crippen LogP contribution in [0.15, 0.2) is 22.6 Å². The van der Waals surface area contributed by atoms with Gasteiger partial charge in [0.1, 0.15) is 0 Å². The van der Waals surface area contributed by atoms with Gasteiger partial charge >= 0.3 is 0 Å². The van der Waals surface area contributed by atoms with Crippen molar-refractivity contribution in [3.05, 3.63) is 34.1 Å². The lowest BCUT2D eigenvalue weighted by atomic mass is 10.2. The summed E-state index contributed by atoms with van der Waals surface area (Å²) < 4.78 is 5.68. The predicted octanol–water partition coefficient (Wildman–Crippen LogP) is 4.10. The molecule has 0 fully saturated rings. The summed E-state index contributed by atoms with van der Waals surface area (Å²) in [5.74, 6) is 0.953. The molecule has 4 nitrogen and oxygen atoms in total. The first-order valence-corrected chi connectivity index (χ1v) is 6.93. The Morgan fingerprint density at radius 1 is 1.26 bits per heavy atom. The van der Waals surface area contributed by atoms with Crippen LogP contribution in [0.1, 0.15) is 32.2 Å². The largest absolute Gasteiger partial charge is 0.419 e. The summed E-state index contributed by atoms with van der Waals surface area (Å²) in [5.41, 5.74) is 0.652.